The summed E-state index contributed by atoms with van der Waals surface area (Å²) >= 11 is 1.76. The maximum Gasteiger partial charge on any atom is 0.129 e. The van der Waals surface area contributed by atoms with Crippen LogP contribution in [0.2, 0.25) is 0 Å². The molecule has 0 amide bonds. The van der Waals surface area contributed by atoms with Crippen molar-refractivity contribution >= 4 is 11.8 Å². The highest BCUT2D eigenvalue weighted by molar-refractivity contribution is 8.00. The van der Waals surface area contributed by atoms with Gasteiger partial charge in [0.1, 0.15) is 5.82 Å². The van der Waals surface area contributed by atoms with Crippen molar-refractivity contribution in [2.45, 2.75) is 55.9 Å². The molecule has 2 nitrogen and oxygen atoms in total. The van der Waals surface area contributed by atoms with Crippen LogP contribution in [0.3, 0.4) is 0 Å². The van der Waals surface area contributed by atoms with Crippen molar-refractivity contribution in [3.63, 3.8) is 0 Å². The Morgan fingerprint density at radius 2 is 2.30 bits per heavy atom. The van der Waals surface area contributed by atoms with Gasteiger partial charge in [-0.1, -0.05) is 13.0 Å². The van der Waals surface area contributed by atoms with Crippen LogP contribution in [0, 0.1) is 5.82 Å². The Labute approximate surface area is 125 Å². The molecule has 2 rings (SSSR count). The molecule has 4 heteroatoms. The topological polar surface area (TPSA) is 21.3 Å². The van der Waals surface area contributed by atoms with Gasteiger partial charge in [0.2, 0.25) is 0 Å². The van der Waals surface area contributed by atoms with Crippen LogP contribution in [-0.4, -0.2) is 24.5 Å². The van der Waals surface area contributed by atoms with Crippen molar-refractivity contribution in [3.8, 4) is 0 Å². The summed E-state index contributed by atoms with van der Waals surface area (Å²) in [6, 6.07) is 5.42. The van der Waals surface area contributed by atoms with E-state index < -0.39 is 0 Å². The summed E-state index contributed by atoms with van der Waals surface area (Å²) < 4.78 is 19.8. The summed E-state index contributed by atoms with van der Waals surface area (Å²) in [5.74, 6) is -0.113. The van der Waals surface area contributed by atoms with Crippen molar-refractivity contribution in [2.24, 2.45) is 0 Å². The molecular weight excluding hydrogens is 273 g/mol. The first-order chi connectivity index (χ1) is 9.63. The Balaban J connectivity index is 2.17. The molecule has 1 heterocycles. The smallest absolute Gasteiger partial charge is 0.129 e. The number of halogens is 1. The van der Waals surface area contributed by atoms with Gasteiger partial charge in [-0.05, 0) is 45.4 Å². The first-order valence-electron chi connectivity index (χ1n) is 7.43. The summed E-state index contributed by atoms with van der Waals surface area (Å²) in [4.78, 5) is 1.04. The average molecular weight is 297 g/mol. The largest absolute Gasteiger partial charge is 0.377 e. The molecule has 0 aliphatic carbocycles. The molecule has 1 fully saturated rings. The van der Waals surface area contributed by atoms with Crippen LogP contribution in [0.15, 0.2) is 23.1 Å². The number of benzene rings is 1. The first kappa shape index (κ1) is 15.8. The molecule has 3 atom stereocenters. The standard InChI is InChI=1S/C16H24FNOS/c1-4-9-18-11(2)16-13(17)6-5-7-15(16)20-14-8-10-19-12(14)3/h5-7,11-12,14,18H,4,8-10H2,1-3H3. The quantitative estimate of drug-likeness (QED) is 0.852. The minimum absolute atomic E-state index is 0.0382. The molecule has 20 heavy (non-hydrogen) atoms. The highest BCUT2D eigenvalue weighted by Gasteiger charge is 2.27. The highest BCUT2D eigenvalue weighted by atomic mass is 32.2. The van der Waals surface area contributed by atoms with Gasteiger partial charge in [-0.25, -0.2) is 4.39 Å². The summed E-state index contributed by atoms with van der Waals surface area (Å²) in [5, 5.41) is 3.81. The number of rotatable bonds is 6. The Morgan fingerprint density at radius 1 is 1.50 bits per heavy atom. The molecule has 0 aromatic heterocycles. The molecule has 0 radical (unpaired) electrons. The predicted octanol–water partition coefficient (Wildman–Crippen LogP) is 4.16. The molecule has 1 N–H and O–H groups in total. The van der Waals surface area contributed by atoms with Crippen molar-refractivity contribution in [2.75, 3.05) is 13.2 Å². The lowest BCUT2D eigenvalue weighted by Crippen LogP contribution is -2.21. The van der Waals surface area contributed by atoms with E-state index in [0.29, 0.717) is 5.25 Å². The van der Waals surface area contributed by atoms with E-state index >= 15 is 0 Å². The van der Waals surface area contributed by atoms with Gasteiger partial charge in [-0.15, -0.1) is 11.8 Å². The van der Waals surface area contributed by atoms with Crippen molar-refractivity contribution in [1.82, 2.24) is 5.32 Å². The minimum atomic E-state index is -0.113. The van der Waals surface area contributed by atoms with E-state index in [1.165, 1.54) is 0 Å². The molecule has 1 aliphatic heterocycles. The molecule has 0 bridgehead atoms. The molecule has 1 aliphatic rings. The molecule has 1 saturated heterocycles. The van der Waals surface area contributed by atoms with E-state index in [2.05, 4.69) is 19.2 Å². The molecule has 3 unspecified atom stereocenters. The zero-order valence-corrected chi connectivity index (χ0v) is 13.3. The number of ether oxygens (including phenoxy) is 1. The highest BCUT2D eigenvalue weighted by Crippen LogP contribution is 2.37. The van der Waals surface area contributed by atoms with E-state index in [4.69, 9.17) is 4.74 Å². The SMILES string of the molecule is CCCNC(C)c1c(F)cccc1SC1CCOC1C. The van der Waals surface area contributed by atoms with E-state index in [9.17, 15) is 4.39 Å². The van der Waals surface area contributed by atoms with Crippen LogP contribution in [0.5, 0.6) is 0 Å². The van der Waals surface area contributed by atoms with E-state index in [-0.39, 0.29) is 18.0 Å². The normalized spacial score (nSPS) is 24.0. The van der Waals surface area contributed by atoms with Crippen LogP contribution in [-0.2, 0) is 4.74 Å². The molecule has 0 saturated carbocycles. The molecule has 1 aromatic rings. The van der Waals surface area contributed by atoms with Crippen LogP contribution in [0.25, 0.3) is 0 Å². The van der Waals surface area contributed by atoms with E-state index in [1.807, 2.05) is 13.0 Å². The predicted molar refractivity (Wildman–Crippen MR) is 82.8 cm³/mol. The second-order valence-electron chi connectivity index (χ2n) is 5.35. The fourth-order valence-corrected chi connectivity index (χ4v) is 3.90. The van der Waals surface area contributed by atoms with Crippen LogP contribution >= 0.6 is 11.8 Å². The Morgan fingerprint density at radius 3 is 2.95 bits per heavy atom. The first-order valence-corrected chi connectivity index (χ1v) is 8.31. The van der Waals surface area contributed by atoms with Gasteiger partial charge in [-0.3, -0.25) is 0 Å². The Hall–Kier alpha value is -0.580. The van der Waals surface area contributed by atoms with Gasteiger partial charge < -0.3 is 10.1 Å². The number of thioether (sulfide) groups is 1. The van der Waals surface area contributed by atoms with E-state index in [1.54, 1.807) is 23.9 Å². The number of hydrogen-bond acceptors (Lipinski definition) is 3. The minimum Gasteiger partial charge on any atom is -0.377 e. The van der Waals surface area contributed by atoms with Gasteiger partial charge in [0, 0.05) is 28.4 Å². The lowest BCUT2D eigenvalue weighted by molar-refractivity contribution is 0.127. The summed E-state index contributed by atoms with van der Waals surface area (Å²) in [7, 11) is 0. The van der Waals surface area contributed by atoms with Gasteiger partial charge in [-0.2, -0.15) is 0 Å². The molecule has 0 spiro atoms. The molecule has 112 valence electrons. The van der Waals surface area contributed by atoms with Crippen LogP contribution < -0.4 is 5.32 Å². The summed E-state index contributed by atoms with van der Waals surface area (Å²) in [6.07, 6.45) is 2.34. The Bertz CT molecular complexity index is 440. The van der Waals surface area contributed by atoms with E-state index in [0.717, 1.165) is 36.5 Å². The van der Waals surface area contributed by atoms with Crippen LogP contribution in [0.4, 0.5) is 4.39 Å². The third-order valence-corrected chi connectivity index (χ3v) is 5.26. The average Bonchev–Trinajstić information content (AvgIpc) is 2.82. The second-order valence-corrected chi connectivity index (χ2v) is 6.63. The van der Waals surface area contributed by atoms with Gasteiger partial charge in [0.25, 0.3) is 0 Å². The number of nitrogens with one attached hydrogen (secondary N) is 1. The zero-order valence-electron chi connectivity index (χ0n) is 12.5. The van der Waals surface area contributed by atoms with Gasteiger partial charge in [0.05, 0.1) is 6.10 Å². The fraction of sp³-hybridized carbons (Fsp3) is 0.625. The molecule has 1 aromatic carbocycles. The van der Waals surface area contributed by atoms with Crippen LogP contribution in [0.1, 0.15) is 45.2 Å². The summed E-state index contributed by atoms with van der Waals surface area (Å²) in [6.45, 7) is 7.97. The Kier molecular flexibility index (Phi) is 5.87. The van der Waals surface area contributed by atoms with Crippen molar-refractivity contribution in [3.05, 3.63) is 29.6 Å². The summed E-state index contributed by atoms with van der Waals surface area (Å²) in [5.41, 5.74) is 0.796. The number of hydrogen-bond donors (Lipinski definition) is 1. The van der Waals surface area contributed by atoms with Crippen molar-refractivity contribution < 1.29 is 9.13 Å². The fourth-order valence-electron chi connectivity index (χ4n) is 2.53. The maximum absolute atomic E-state index is 14.2. The maximum atomic E-state index is 14.2. The third-order valence-electron chi connectivity index (χ3n) is 3.73. The van der Waals surface area contributed by atoms with Crippen molar-refractivity contribution in [1.29, 1.82) is 0 Å². The monoisotopic (exact) mass is 297 g/mol. The molecular formula is C16H24FNOS. The third kappa shape index (κ3) is 3.74. The lowest BCUT2D eigenvalue weighted by atomic mass is 10.1. The van der Waals surface area contributed by atoms with Gasteiger partial charge >= 0.3 is 0 Å². The van der Waals surface area contributed by atoms with Gasteiger partial charge in [0.15, 0.2) is 0 Å². The second kappa shape index (κ2) is 7.43. The zero-order chi connectivity index (χ0) is 14.5. The lowest BCUT2D eigenvalue weighted by Gasteiger charge is -2.21.